The lowest BCUT2D eigenvalue weighted by molar-refractivity contribution is -0.137. The molecule has 21 heavy (non-hydrogen) atoms. The normalized spacial score (nSPS) is 20.4. The van der Waals surface area contributed by atoms with Crippen LogP contribution in [-0.4, -0.2) is 23.0 Å². The van der Waals surface area contributed by atoms with E-state index in [0.717, 1.165) is 31.4 Å². The first-order chi connectivity index (χ1) is 10.1. The van der Waals surface area contributed by atoms with Gasteiger partial charge < -0.3 is 10.0 Å². The molecule has 1 fully saturated rings. The molecule has 1 amide bonds. The Hall–Kier alpha value is -1.84. The van der Waals surface area contributed by atoms with Crippen molar-refractivity contribution in [3.63, 3.8) is 0 Å². The highest BCUT2D eigenvalue weighted by Crippen LogP contribution is 2.39. The number of aryl methyl sites for hydroxylation is 1. The summed E-state index contributed by atoms with van der Waals surface area (Å²) in [6.45, 7) is 2.10. The number of amides is 1. The zero-order valence-corrected chi connectivity index (χ0v) is 12.3. The number of carboxylic acids is 1. The molecule has 112 valence electrons. The lowest BCUT2D eigenvalue weighted by Crippen LogP contribution is -2.36. The van der Waals surface area contributed by atoms with Crippen molar-refractivity contribution >= 4 is 17.6 Å². The number of benzene rings is 1. The summed E-state index contributed by atoms with van der Waals surface area (Å²) in [6.07, 6.45) is 4.62. The van der Waals surface area contributed by atoms with E-state index in [4.69, 9.17) is 5.11 Å². The molecule has 4 heteroatoms. The number of carbonyl (C=O) groups is 2. The van der Waals surface area contributed by atoms with Crippen molar-refractivity contribution in [1.82, 2.24) is 0 Å². The molecule has 1 atom stereocenters. The van der Waals surface area contributed by atoms with Crippen LogP contribution >= 0.6 is 0 Å². The lowest BCUT2D eigenvalue weighted by atomic mass is 10.0. The number of hydrogen-bond acceptors (Lipinski definition) is 2. The van der Waals surface area contributed by atoms with E-state index in [0.29, 0.717) is 6.42 Å². The number of aliphatic carboxylic acids is 1. The van der Waals surface area contributed by atoms with Crippen LogP contribution in [0.15, 0.2) is 18.2 Å². The molecule has 0 bridgehead atoms. The van der Waals surface area contributed by atoms with Crippen molar-refractivity contribution in [2.45, 2.75) is 51.5 Å². The Morgan fingerprint density at radius 3 is 2.76 bits per heavy atom. The smallest absolute Gasteiger partial charge is 0.303 e. The number of fused-ring (bicyclic) bond motifs is 1. The second-order valence-electron chi connectivity index (χ2n) is 6.25. The number of anilines is 1. The Morgan fingerprint density at radius 2 is 2.10 bits per heavy atom. The molecule has 0 radical (unpaired) electrons. The first kappa shape index (κ1) is 14.1. The molecule has 4 nitrogen and oxygen atoms in total. The Bertz CT molecular complexity index is 577. The van der Waals surface area contributed by atoms with Gasteiger partial charge in [0.25, 0.3) is 0 Å². The highest BCUT2D eigenvalue weighted by atomic mass is 16.4. The Kier molecular flexibility index (Phi) is 3.70. The molecule has 1 aromatic carbocycles. The first-order valence-electron chi connectivity index (χ1n) is 7.73. The number of rotatable bonds is 5. The monoisotopic (exact) mass is 287 g/mol. The molecular weight excluding hydrogens is 266 g/mol. The van der Waals surface area contributed by atoms with Crippen LogP contribution in [0.5, 0.6) is 0 Å². The van der Waals surface area contributed by atoms with Crippen LogP contribution in [0.3, 0.4) is 0 Å². The molecule has 1 aromatic rings. The lowest BCUT2D eigenvalue weighted by Gasteiger charge is -2.22. The third-order valence-corrected chi connectivity index (χ3v) is 4.38. The number of hydrogen-bond donors (Lipinski definition) is 1. The minimum absolute atomic E-state index is 0.208. The van der Waals surface area contributed by atoms with Gasteiger partial charge in [-0.1, -0.05) is 12.1 Å². The standard InChI is InChI=1S/C17H21NO3/c1-11-9-14-10-12(3-2-4-16(19)20)5-8-15(14)18(11)17(21)13-6-7-13/h5,8,10-11,13H,2-4,6-7,9H2,1H3,(H,19,20). The molecule has 1 aliphatic heterocycles. The fraction of sp³-hybridized carbons (Fsp3) is 0.529. The van der Waals surface area contributed by atoms with Crippen LogP contribution in [-0.2, 0) is 22.4 Å². The van der Waals surface area contributed by atoms with Gasteiger partial charge in [-0.05, 0) is 56.2 Å². The fourth-order valence-corrected chi connectivity index (χ4v) is 3.15. The Labute approximate surface area is 124 Å². The van der Waals surface area contributed by atoms with Gasteiger partial charge in [0.1, 0.15) is 0 Å². The molecule has 1 unspecified atom stereocenters. The van der Waals surface area contributed by atoms with Gasteiger partial charge in [0.05, 0.1) is 0 Å². The number of carbonyl (C=O) groups excluding carboxylic acids is 1. The van der Waals surface area contributed by atoms with Crippen LogP contribution in [0.4, 0.5) is 5.69 Å². The zero-order chi connectivity index (χ0) is 15.0. The van der Waals surface area contributed by atoms with Gasteiger partial charge in [0.15, 0.2) is 0 Å². The van der Waals surface area contributed by atoms with Crippen molar-refractivity contribution in [2.24, 2.45) is 5.92 Å². The number of carboxylic acid groups (broad SMARTS) is 1. The van der Waals surface area contributed by atoms with E-state index < -0.39 is 5.97 Å². The van der Waals surface area contributed by atoms with Gasteiger partial charge in [-0.2, -0.15) is 0 Å². The third-order valence-electron chi connectivity index (χ3n) is 4.38. The summed E-state index contributed by atoms with van der Waals surface area (Å²) in [4.78, 5) is 24.9. The third kappa shape index (κ3) is 2.94. The minimum Gasteiger partial charge on any atom is -0.481 e. The molecule has 1 saturated carbocycles. The topological polar surface area (TPSA) is 57.6 Å². The average Bonchev–Trinajstić information content (AvgIpc) is 3.20. The number of nitrogens with zero attached hydrogens (tertiary/aromatic N) is 1. The van der Waals surface area contributed by atoms with Crippen molar-refractivity contribution in [3.8, 4) is 0 Å². The zero-order valence-electron chi connectivity index (χ0n) is 12.3. The largest absolute Gasteiger partial charge is 0.481 e. The fourth-order valence-electron chi connectivity index (χ4n) is 3.15. The maximum absolute atomic E-state index is 12.4. The summed E-state index contributed by atoms with van der Waals surface area (Å²) < 4.78 is 0. The van der Waals surface area contributed by atoms with E-state index in [1.807, 2.05) is 17.0 Å². The SMILES string of the molecule is CC1Cc2cc(CCCC(=O)O)ccc2N1C(=O)C1CC1. The highest BCUT2D eigenvalue weighted by Gasteiger charge is 2.39. The van der Waals surface area contributed by atoms with Gasteiger partial charge in [-0.3, -0.25) is 9.59 Å². The van der Waals surface area contributed by atoms with Crippen LogP contribution in [0.25, 0.3) is 0 Å². The highest BCUT2D eigenvalue weighted by molar-refractivity contribution is 5.98. The minimum atomic E-state index is -0.744. The molecule has 1 heterocycles. The molecular formula is C17H21NO3. The molecule has 0 spiro atoms. The summed E-state index contributed by atoms with van der Waals surface area (Å²) in [5, 5.41) is 8.69. The van der Waals surface area contributed by atoms with E-state index in [1.165, 1.54) is 11.1 Å². The van der Waals surface area contributed by atoms with Crippen LogP contribution in [0.2, 0.25) is 0 Å². The predicted molar refractivity (Wildman–Crippen MR) is 80.4 cm³/mol. The predicted octanol–water partition coefficient (Wildman–Crippen LogP) is 2.78. The molecule has 2 aliphatic rings. The van der Waals surface area contributed by atoms with E-state index in [-0.39, 0.29) is 24.3 Å². The maximum atomic E-state index is 12.4. The second kappa shape index (κ2) is 5.51. The van der Waals surface area contributed by atoms with Crippen molar-refractivity contribution in [3.05, 3.63) is 29.3 Å². The molecule has 1 N–H and O–H groups in total. The molecule has 0 saturated heterocycles. The molecule has 1 aliphatic carbocycles. The quantitative estimate of drug-likeness (QED) is 0.906. The summed E-state index contributed by atoms with van der Waals surface area (Å²) in [7, 11) is 0. The summed E-state index contributed by atoms with van der Waals surface area (Å²) in [5.74, 6) is -0.223. The summed E-state index contributed by atoms with van der Waals surface area (Å²) >= 11 is 0. The van der Waals surface area contributed by atoms with E-state index in [2.05, 4.69) is 13.0 Å². The molecule has 3 rings (SSSR count). The van der Waals surface area contributed by atoms with Gasteiger partial charge in [0, 0.05) is 24.1 Å². The second-order valence-corrected chi connectivity index (χ2v) is 6.25. The van der Waals surface area contributed by atoms with Crippen LogP contribution in [0, 0.1) is 5.92 Å². The summed E-state index contributed by atoms with van der Waals surface area (Å²) in [5.41, 5.74) is 3.45. The van der Waals surface area contributed by atoms with E-state index in [1.54, 1.807) is 0 Å². The van der Waals surface area contributed by atoms with Crippen molar-refractivity contribution in [1.29, 1.82) is 0 Å². The van der Waals surface area contributed by atoms with Gasteiger partial charge in [-0.15, -0.1) is 0 Å². The summed E-state index contributed by atoms with van der Waals surface area (Å²) in [6, 6.07) is 6.46. The Morgan fingerprint density at radius 1 is 1.33 bits per heavy atom. The van der Waals surface area contributed by atoms with E-state index >= 15 is 0 Å². The van der Waals surface area contributed by atoms with Gasteiger partial charge in [-0.25, -0.2) is 0 Å². The maximum Gasteiger partial charge on any atom is 0.303 e. The van der Waals surface area contributed by atoms with Crippen LogP contribution < -0.4 is 4.90 Å². The Balaban J connectivity index is 1.73. The van der Waals surface area contributed by atoms with Crippen LogP contribution in [0.1, 0.15) is 43.7 Å². The van der Waals surface area contributed by atoms with Crippen molar-refractivity contribution < 1.29 is 14.7 Å². The molecule has 0 aromatic heterocycles. The van der Waals surface area contributed by atoms with Gasteiger partial charge in [0.2, 0.25) is 5.91 Å². The van der Waals surface area contributed by atoms with E-state index in [9.17, 15) is 9.59 Å². The first-order valence-corrected chi connectivity index (χ1v) is 7.73. The average molecular weight is 287 g/mol. The van der Waals surface area contributed by atoms with Gasteiger partial charge >= 0.3 is 5.97 Å². The van der Waals surface area contributed by atoms with Crippen molar-refractivity contribution in [2.75, 3.05) is 4.90 Å².